The average Bonchev–Trinajstić information content (AvgIpc) is 2.42. The van der Waals surface area contributed by atoms with E-state index >= 15 is 0 Å². The summed E-state index contributed by atoms with van der Waals surface area (Å²) in [5.74, 6) is 0.854. The van der Waals surface area contributed by atoms with E-state index in [-0.39, 0.29) is 5.75 Å². The smallest absolute Gasteiger partial charge is 0.387 e. The second kappa shape index (κ2) is 9.12. The number of halogens is 2. The summed E-state index contributed by atoms with van der Waals surface area (Å²) < 4.78 is 28.6. The van der Waals surface area contributed by atoms with E-state index < -0.39 is 6.61 Å². The Morgan fingerprint density at radius 2 is 2.15 bits per heavy atom. The first-order valence-corrected chi connectivity index (χ1v) is 6.64. The lowest BCUT2D eigenvalue weighted by Gasteiger charge is -2.12. The van der Waals surface area contributed by atoms with Gasteiger partial charge in [-0.1, -0.05) is 25.5 Å². The Bertz CT molecular complexity index is 425. The summed E-state index contributed by atoms with van der Waals surface area (Å²) in [6.45, 7) is 0.658. The molecule has 0 bridgehead atoms. The van der Waals surface area contributed by atoms with Crippen molar-refractivity contribution in [2.45, 2.75) is 32.9 Å². The molecule has 0 amide bonds. The lowest BCUT2D eigenvalue weighted by Crippen LogP contribution is -2.37. The molecule has 4 nitrogen and oxygen atoms in total. The molecule has 2 N–H and O–H groups in total. The highest BCUT2D eigenvalue weighted by molar-refractivity contribution is 5.79. The van der Waals surface area contributed by atoms with Gasteiger partial charge in [0.25, 0.3) is 0 Å². The Morgan fingerprint density at radius 1 is 1.35 bits per heavy atom. The molecule has 1 aromatic rings. The Balaban J connectivity index is 2.47. The van der Waals surface area contributed by atoms with Gasteiger partial charge in [-0.2, -0.15) is 8.78 Å². The predicted octanol–water partition coefficient (Wildman–Crippen LogP) is 2.75. The fourth-order valence-corrected chi connectivity index (χ4v) is 1.62. The normalized spacial score (nSPS) is 11.6. The van der Waals surface area contributed by atoms with Gasteiger partial charge in [0, 0.05) is 20.1 Å². The Hall–Kier alpha value is -1.85. The van der Waals surface area contributed by atoms with Gasteiger partial charge in [-0.3, -0.25) is 4.99 Å². The van der Waals surface area contributed by atoms with Gasteiger partial charge in [-0.25, -0.2) is 0 Å². The van der Waals surface area contributed by atoms with E-state index in [4.69, 9.17) is 0 Å². The lowest BCUT2D eigenvalue weighted by molar-refractivity contribution is -0.0498. The molecule has 0 fully saturated rings. The van der Waals surface area contributed by atoms with Crippen molar-refractivity contribution in [1.29, 1.82) is 0 Å². The van der Waals surface area contributed by atoms with E-state index in [2.05, 4.69) is 27.3 Å². The quantitative estimate of drug-likeness (QED) is 0.460. The molecule has 0 saturated heterocycles. The molecule has 0 aliphatic heterocycles. The molecule has 0 saturated carbocycles. The van der Waals surface area contributed by atoms with Crippen LogP contribution in [0.5, 0.6) is 5.75 Å². The highest BCUT2D eigenvalue weighted by Crippen LogP contribution is 2.15. The van der Waals surface area contributed by atoms with Gasteiger partial charge < -0.3 is 15.4 Å². The number of ether oxygens (including phenoxy) is 1. The van der Waals surface area contributed by atoms with Gasteiger partial charge in [-0.05, 0) is 24.1 Å². The van der Waals surface area contributed by atoms with Gasteiger partial charge in [0.1, 0.15) is 5.75 Å². The minimum absolute atomic E-state index is 0.160. The highest BCUT2D eigenvalue weighted by atomic mass is 19.3. The molecule has 0 heterocycles. The highest BCUT2D eigenvalue weighted by Gasteiger charge is 2.05. The van der Waals surface area contributed by atoms with E-state index in [1.165, 1.54) is 6.07 Å². The maximum atomic E-state index is 12.1. The minimum Gasteiger partial charge on any atom is -0.435 e. The Labute approximate surface area is 118 Å². The van der Waals surface area contributed by atoms with Crippen molar-refractivity contribution < 1.29 is 13.5 Å². The van der Waals surface area contributed by atoms with Crippen molar-refractivity contribution in [3.05, 3.63) is 29.8 Å². The third-order valence-electron chi connectivity index (χ3n) is 2.63. The number of unbranched alkanes of at least 4 members (excludes halogenated alkanes) is 1. The number of hydrogen-bond acceptors (Lipinski definition) is 2. The fraction of sp³-hybridized carbons (Fsp3) is 0.500. The summed E-state index contributed by atoms with van der Waals surface area (Å²) in [5, 5.41) is 6.30. The van der Waals surface area contributed by atoms with Crippen LogP contribution in [0.15, 0.2) is 29.3 Å². The molecule has 112 valence electrons. The number of aliphatic imine (C=N–C) groups is 1. The molecule has 0 aliphatic carbocycles. The number of benzene rings is 1. The number of nitrogens with zero attached hydrogens (tertiary/aromatic N) is 1. The molecule has 0 radical (unpaired) electrons. The summed E-state index contributed by atoms with van der Waals surface area (Å²) in [5.41, 5.74) is 0.849. The van der Waals surface area contributed by atoms with Crippen LogP contribution in [-0.4, -0.2) is 26.2 Å². The third-order valence-corrected chi connectivity index (χ3v) is 2.63. The van der Waals surface area contributed by atoms with Crippen molar-refractivity contribution in [2.75, 3.05) is 13.6 Å². The lowest BCUT2D eigenvalue weighted by atomic mass is 10.2. The molecule has 1 rings (SSSR count). The van der Waals surface area contributed by atoms with Crippen LogP contribution in [0.1, 0.15) is 25.3 Å². The van der Waals surface area contributed by atoms with Crippen molar-refractivity contribution in [1.82, 2.24) is 10.6 Å². The molecular formula is C14H21F2N3O. The molecule has 6 heteroatoms. The fourth-order valence-electron chi connectivity index (χ4n) is 1.62. The van der Waals surface area contributed by atoms with Gasteiger partial charge in [0.2, 0.25) is 0 Å². The first-order chi connectivity index (χ1) is 9.65. The van der Waals surface area contributed by atoms with Crippen LogP contribution in [0.25, 0.3) is 0 Å². The zero-order valence-electron chi connectivity index (χ0n) is 11.8. The first kappa shape index (κ1) is 16.2. The van der Waals surface area contributed by atoms with E-state index in [1.54, 1.807) is 19.2 Å². The first-order valence-electron chi connectivity index (χ1n) is 6.64. The van der Waals surface area contributed by atoms with Gasteiger partial charge in [-0.15, -0.1) is 0 Å². The molecule has 0 atom stereocenters. The second-order valence-corrected chi connectivity index (χ2v) is 4.23. The number of hydrogen-bond donors (Lipinski definition) is 2. The maximum Gasteiger partial charge on any atom is 0.387 e. The van der Waals surface area contributed by atoms with Gasteiger partial charge in [0.15, 0.2) is 5.96 Å². The minimum atomic E-state index is -2.80. The van der Waals surface area contributed by atoms with Crippen LogP contribution in [0.3, 0.4) is 0 Å². The molecule has 1 aromatic carbocycles. The second-order valence-electron chi connectivity index (χ2n) is 4.23. The van der Waals surface area contributed by atoms with Gasteiger partial charge in [0.05, 0.1) is 0 Å². The monoisotopic (exact) mass is 285 g/mol. The predicted molar refractivity (Wildman–Crippen MR) is 76.2 cm³/mol. The largest absolute Gasteiger partial charge is 0.435 e. The van der Waals surface area contributed by atoms with E-state index in [1.807, 2.05) is 6.07 Å². The van der Waals surface area contributed by atoms with Crippen molar-refractivity contribution in [2.24, 2.45) is 4.99 Å². The van der Waals surface area contributed by atoms with Crippen molar-refractivity contribution >= 4 is 5.96 Å². The number of guanidine groups is 1. The molecule has 20 heavy (non-hydrogen) atoms. The molecule has 0 unspecified atom stereocenters. The van der Waals surface area contributed by atoms with Crippen molar-refractivity contribution in [3.8, 4) is 5.75 Å². The Morgan fingerprint density at radius 3 is 2.80 bits per heavy atom. The van der Waals surface area contributed by atoms with Crippen LogP contribution in [-0.2, 0) is 6.54 Å². The summed E-state index contributed by atoms with van der Waals surface area (Å²) in [7, 11) is 1.69. The standard InChI is InChI=1S/C14H21F2N3O/c1-3-4-8-18-14(17-2)19-10-11-6-5-7-12(9-11)20-13(15)16/h5-7,9,13H,3-4,8,10H2,1-2H3,(H2,17,18,19). The van der Waals surface area contributed by atoms with Crippen LogP contribution in [0.4, 0.5) is 8.78 Å². The topological polar surface area (TPSA) is 45.7 Å². The van der Waals surface area contributed by atoms with Crippen LogP contribution >= 0.6 is 0 Å². The summed E-state index contributed by atoms with van der Waals surface area (Å²) in [6.07, 6.45) is 2.18. The number of nitrogens with one attached hydrogen (secondary N) is 2. The van der Waals surface area contributed by atoms with Crippen LogP contribution < -0.4 is 15.4 Å². The van der Waals surface area contributed by atoms with Gasteiger partial charge >= 0.3 is 6.61 Å². The Kier molecular flexibility index (Phi) is 7.39. The molecule has 0 aliphatic rings. The van der Waals surface area contributed by atoms with E-state index in [0.717, 1.165) is 24.9 Å². The molecular weight excluding hydrogens is 264 g/mol. The van der Waals surface area contributed by atoms with Crippen LogP contribution in [0, 0.1) is 0 Å². The number of alkyl halides is 2. The van der Waals surface area contributed by atoms with Crippen molar-refractivity contribution in [3.63, 3.8) is 0 Å². The van der Waals surface area contributed by atoms with E-state index in [9.17, 15) is 8.78 Å². The third kappa shape index (κ3) is 6.36. The SMILES string of the molecule is CCCCNC(=NC)NCc1cccc(OC(F)F)c1. The zero-order valence-corrected chi connectivity index (χ0v) is 11.8. The maximum absolute atomic E-state index is 12.1. The van der Waals surface area contributed by atoms with E-state index in [0.29, 0.717) is 12.5 Å². The molecule has 0 aromatic heterocycles. The average molecular weight is 285 g/mol. The summed E-state index contributed by atoms with van der Waals surface area (Å²) >= 11 is 0. The number of rotatable bonds is 7. The zero-order chi connectivity index (χ0) is 14.8. The summed E-state index contributed by atoms with van der Waals surface area (Å²) in [4.78, 5) is 4.09. The van der Waals surface area contributed by atoms with Crippen LogP contribution in [0.2, 0.25) is 0 Å². The summed E-state index contributed by atoms with van der Waals surface area (Å²) in [6, 6.07) is 6.61. The molecule has 0 spiro atoms.